The summed E-state index contributed by atoms with van der Waals surface area (Å²) in [7, 11) is 0. The number of benzene rings is 1. The maximum atomic E-state index is 14.2. The van der Waals surface area contributed by atoms with E-state index in [1.165, 1.54) is 12.8 Å². The fourth-order valence-electron chi connectivity index (χ4n) is 2.77. The Morgan fingerprint density at radius 1 is 1.42 bits per heavy atom. The molecular formula is C16H25FN2. The van der Waals surface area contributed by atoms with Gasteiger partial charge < -0.3 is 10.6 Å². The highest BCUT2D eigenvalue weighted by molar-refractivity contribution is 5.50. The third kappa shape index (κ3) is 3.47. The molecule has 0 aromatic heterocycles. The average Bonchev–Trinajstić information content (AvgIpc) is 2.87. The maximum absolute atomic E-state index is 14.2. The van der Waals surface area contributed by atoms with Gasteiger partial charge in [0.05, 0.1) is 5.69 Å². The van der Waals surface area contributed by atoms with Gasteiger partial charge in [-0.2, -0.15) is 0 Å². The minimum absolute atomic E-state index is 0.0995. The first-order chi connectivity index (χ1) is 9.13. The quantitative estimate of drug-likeness (QED) is 0.883. The first kappa shape index (κ1) is 14.3. The van der Waals surface area contributed by atoms with Crippen LogP contribution in [0.1, 0.15) is 38.7 Å². The van der Waals surface area contributed by atoms with E-state index in [1.54, 1.807) is 6.07 Å². The molecular weight excluding hydrogens is 239 g/mol. The van der Waals surface area contributed by atoms with Gasteiger partial charge in [0.25, 0.3) is 0 Å². The van der Waals surface area contributed by atoms with Crippen LogP contribution in [0.3, 0.4) is 0 Å². The molecule has 2 N–H and O–H groups in total. The minimum atomic E-state index is -0.0995. The van der Waals surface area contributed by atoms with Crippen molar-refractivity contribution in [1.82, 2.24) is 0 Å². The summed E-state index contributed by atoms with van der Waals surface area (Å²) in [4.78, 5) is 2.17. The first-order valence-corrected chi connectivity index (χ1v) is 7.43. The molecule has 1 aliphatic heterocycles. The van der Waals surface area contributed by atoms with Crippen molar-refractivity contribution in [2.75, 3.05) is 18.0 Å². The highest BCUT2D eigenvalue weighted by Gasteiger charge is 2.23. The lowest BCUT2D eigenvalue weighted by Gasteiger charge is -2.20. The van der Waals surface area contributed by atoms with Crippen LogP contribution in [0.5, 0.6) is 0 Å². The predicted octanol–water partition coefficient (Wildman–Crippen LogP) is 3.34. The van der Waals surface area contributed by atoms with Crippen molar-refractivity contribution in [3.63, 3.8) is 0 Å². The fraction of sp³-hybridized carbons (Fsp3) is 0.625. The summed E-state index contributed by atoms with van der Waals surface area (Å²) < 4.78 is 14.2. The molecule has 0 amide bonds. The van der Waals surface area contributed by atoms with Crippen LogP contribution >= 0.6 is 0 Å². The van der Waals surface area contributed by atoms with Gasteiger partial charge in [-0.05, 0) is 42.9 Å². The van der Waals surface area contributed by atoms with Crippen LogP contribution in [0.2, 0.25) is 0 Å². The largest absolute Gasteiger partial charge is 0.369 e. The molecule has 1 saturated heterocycles. The molecule has 0 bridgehead atoms. The lowest BCUT2D eigenvalue weighted by atomic mass is 10.0. The molecule has 2 unspecified atom stereocenters. The maximum Gasteiger partial charge on any atom is 0.146 e. The van der Waals surface area contributed by atoms with Gasteiger partial charge in [-0.1, -0.05) is 26.3 Å². The third-order valence-electron chi connectivity index (χ3n) is 4.24. The molecule has 0 spiro atoms. The zero-order valence-corrected chi connectivity index (χ0v) is 12.0. The van der Waals surface area contributed by atoms with E-state index in [0.29, 0.717) is 5.92 Å². The van der Waals surface area contributed by atoms with Gasteiger partial charge >= 0.3 is 0 Å². The molecule has 1 aromatic rings. The zero-order valence-electron chi connectivity index (χ0n) is 12.0. The summed E-state index contributed by atoms with van der Waals surface area (Å²) in [5, 5.41) is 0. The summed E-state index contributed by atoms with van der Waals surface area (Å²) in [6.07, 6.45) is 4.04. The molecule has 0 saturated carbocycles. The fourth-order valence-corrected chi connectivity index (χ4v) is 2.77. The van der Waals surface area contributed by atoms with Crippen molar-refractivity contribution < 1.29 is 4.39 Å². The van der Waals surface area contributed by atoms with E-state index < -0.39 is 0 Å². The van der Waals surface area contributed by atoms with Crippen molar-refractivity contribution in [2.45, 2.75) is 45.6 Å². The Morgan fingerprint density at radius 2 is 2.21 bits per heavy atom. The molecule has 1 heterocycles. The van der Waals surface area contributed by atoms with E-state index in [0.717, 1.165) is 37.2 Å². The summed E-state index contributed by atoms with van der Waals surface area (Å²) >= 11 is 0. The van der Waals surface area contributed by atoms with Gasteiger partial charge in [-0.3, -0.25) is 0 Å². The second kappa shape index (κ2) is 6.38. The van der Waals surface area contributed by atoms with E-state index >= 15 is 0 Å². The monoisotopic (exact) mass is 264 g/mol. The second-order valence-corrected chi connectivity index (χ2v) is 5.67. The van der Waals surface area contributed by atoms with Gasteiger partial charge in [0.15, 0.2) is 0 Å². The molecule has 19 heavy (non-hydrogen) atoms. The van der Waals surface area contributed by atoms with Crippen molar-refractivity contribution in [1.29, 1.82) is 0 Å². The topological polar surface area (TPSA) is 29.3 Å². The van der Waals surface area contributed by atoms with Crippen LogP contribution in [0.15, 0.2) is 18.2 Å². The predicted molar refractivity (Wildman–Crippen MR) is 79.0 cm³/mol. The normalized spacial score (nSPS) is 20.8. The Morgan fingerprint density at radius 3 is 2.79 bits per heavy atom. The van der Waals surface area contributed by atoms with Gasteiger partial charge in [0, 0.05) is 19.1 Å². The van der Waals surface area contributed by atoms with E-state index in [4.69, 9.17) is 5.73 Å². The highest BCUT2D eigenvalue weighted by Crippen LogP contribution is 2.28. The lowest BCUT2D eigenvalue weighted by Crippen LogP contribution is -2.22. The van der Waals surface area contributed by atoms with Gasteiger partial charge in [-0.25, -0.2) is 4.39 Å². The summed E-state index contributed by atoms with van der Waals surface area (Å²) in [5.74, 6) is 0.616. The highest BCUT2D eigenvalue weighted by atomic mass is 19.1. The van der Waals surface area contributed by atoms with Crippen LogP contribution < -0.4 is 10.6 Å². The summed E-state index contributed by atoms with van der Waals surface area (Å²) in [6.45, 7) is 6.23. The number of halogens is 1. The molecule has 2 atom stereocenters. The van der Waals surface area contributed by atoms with E-state index in [2.05, 4.69) is 18.7 Å². The molecule has 1 fully saturated rings. The van der Waals surface area contributed by atoms with Crippen LogP contribution in [0.25, 0.3) is 0 Å². The molecule has 0 aliphatic carbocycles. The Hall–Kier alpha value is -1.09. The number of hydrogen-bond donors (Lipinski definition) is 1. The third-order valence-corrected chi connectivity index (χ3v) is 4.24. The van der Waals surface area contributed by atoms with Crippen molar-refractivity contribution >= 4 is 5.69 Å². The van der Waals surface area contributed by atoms with E-state index in [1.807, 2.05) is 12.1 Å². The number of hydrogen-bond acceptors (Lipinski definition) is 2. The number of anilines is 1. The molecule has 2 rings (SSSR count). The molecule has 3 heteroatoms. The van der Waals surface area contributed by atoms with Crippen LogP contribution in [0.4, 0.5) is 10.1 Å². The van der Waals surface area contributed by atoms with Gasteiger partial charge in [0.1, 0.15) is 5.82 Å². The minimum Gasteiger partial charge on any atom is -0.369 e. The first-order valence-electron chi connectivity index (χ1n) is 7.43. The molecule has 106 valence electrons. The Balaban J connectivity index is 2.07. The van der Waals surface area contributed by atoms with Gasteiger partial charge in [-0.15, -0.1) is 0 Å². The van der Waals surface area contributed by atoms with Crippen LogP contribution in [-0.2, 0) is 6.42 Å². The number of rotatable bonds is 5. The van der Waals surface area contributed by atoms with E-state index in [-0.39, 0.29) is 11.9 Å². The molecule has 1 aliphatic rings. The molecule has 0 radical (unpaired) electrons. The smallest absolute Gasteiger partial charge is 0.146 e. The average molecular weight is 264 g/mol. The molecule has 1 aromatic carbocycles. The van der Waals surface area contributed by atoms with Gasteiger partial charge in [0.2, 0.25) is 0 Å². The standard InChI is InChI=1S/C16H25FN2/c1-3-12-7-8-19(11-12)16-6-5-13(10-15(16)17)9-14(18)4-2/h5-6,10,12,14H,3-4,7-9,11,18H2,1-2H3. The summed E-state index contributed by atoms with van der Waals surface area (Å²) in [5.41, 5.74) is 7.67. The second-order valence-electron chi connectivity index (χ2n) is 5.67. The van der Waals surface area contributed by atoms with Crippen molar-refractivity contribution in [3.8, 4) is 0 Å². The van der Waals surface area contributed by atoms with E-state index in [9.17, 15) is 4.39 Å². The lowest BCUT2D eigenvalue weighted by molar-refractivity contribution is 0.566. The Labute approximate surface area is 115 Å². The summed E-state index contributed by atoms with van der Waals surface area (Å²) in [6, 6.07) is 5.73. The Bertz CT molecular complexity index is 419. The van der Waals surface area contributed by atoms with Crippen molar-refractivity contribution in [3.05, 3.63) is 29.6 Å². The van der Waals surface area contributed by atoms with Crippen molar-refractivity contribution in [2.24, 2.45) is 11.7 Å². The molecule has 2 nitrogen and oxygen atoms in total. The number of nitrogens with zero attached hydrogens (tertiary/aromatic N) is 1. The Kier molecular flexibility index (Phi) is 4.81. The zero-order chi connectivity index (χ0) is 13.8. The number of nitrogens with two attached hydrogens (primary N) is 1. The van der Waals surface area contributed by atoms with Crippen LogP contribution in [0, 0.1) is 11.7 Å². The SMILES string of the molecule is CCC(N)Cc1ccc(N2CCC(CC)C2)c(F)c1. The van der Waals surface area contributed by atoms with Crippen LogP contribution in [-0.4, -0.2) is 19.1 Å².